The fraction of sp³-hybridized carbons (Fsp3) is 0. The Kier molecular flexibility index (Phi) is 5.50. The predicted octanol–water partition coefficient (Wildman–Crippen LogP) is 10.6. The number of hydrogen-bond acceptors (Lipinski definition) is 1. The Morgan fingerprint density at radius 1 is 0.386 bits per heavy atom. The molecule has 3 aromatic heterocycles. The van der Waals surface area contributed by atoms with Gasteiger partial charge in [0.15, 0.2) is 0 Å². The predicted molar refractivity (Wildman–Crippen MR) is 184 cm³/mol. The van der Waals surface area contributed by atoms with Crippen LogP contribution in [-0.4, -0.2) is 14.1 Å². The summed E-state index contributed by atoms with van der Waals surface area (Å²) in [5.41, 5.74) is 11.6. The number of benzene rings is 6. The van der Waals surface area contributed by atoms with Gasteiger partial charge in [0, 0.05) is 44.7 Å². The molecule has 0 unspecified atom stereocenters. The summed E-state index contributed by atoms with van der Waals surface area (Å²) in [5.74, 6) is 0. The topological polar surface area (TPSA) is 22.8 Å². The molecule has 0 aliphatic heterocycles. The number of nitrogens with zero attached hydrogens (tertiary/aromatic N) is 3. The minimum absolute atomic E-state index is 0.963. The molecule has 0 atom stereocenters. The summed E-state index contributed by atoms with van der Waals surface area (Å²) in [5, 5.41) is 4.85. The first-order valence-corrected chi connectivity index (χ1v) is 15.0. The highest BCUT2D eigenvalue weighted by molar-refractivity contribution is 6.20. The van der Waals surface area contributed by atoms with Crippen molar-refractivity contribution in [2.45, 2.75) is 0 Å². The third-order valence-corrected chi connectivity index (χ3v) is 8.78. The van der Waals surface area contributed by atoms with Crippen molar-refractivity contribution in [3.63, 3.8) is 0 Å². The van der Waals surface area contributed by atoms with Crippen LogP contribution < -0.4 is 0 Å². The SMILES string of the molecule is c1ccc(-c2ccc(-n3c4ccccc4c4cccc(-c5cccc6c5c5cccnc5n6-c5ccccc5)c43)cc2)cc1. The molecule has 206 valence electrons. The summed E-state index contributed by atoms with van der Waals surface area (Å²) in [6, 6.07) is 56.4. The second kappa shape index (κ2) is 9.82. The Balaban J connectivity index is 1.36. The lowest BCUT2D eigenvalue weighted by Crippen LogP contribution is -1.96. The van der Waals surface area contributed by atoms with Crippen LogP contribution in [0, 0.1) is 0 Å². The van der Waals surface area contributed by atoms with Crippen LogP contribution in [0.25, 0.3) is 77.4 Å². The molecule has 0 spiro atoms. The summed E-state index contributed by atoms with van der Waals surface area (Å²) in [7, 11) is 0. The van der Waals surface area contributed by atoms with Gasteiger partial charge in [0.2, 0.25) is 0 Å². The van der Waals surface area contributed by atoms with E-state index in [0.717, 1.165) is 27.9 Å². The van der Waals surface area contributed by atoms with Crippen molar-refractivity contribution in [3.05, 3.63) is 164 Å². The molecule has 3 heteroatoms. The van der Waals surface area contributed by atoms with Crippen molar-refractivity contribution >= 4 is 43.7 Å². The molecule has 0 fully saturated rings. The Morgan fingerprint density at radius 2 is 1.00 bits per heavy atom. The summed E-state index contributed by atoms with van der Waals surface area (Å²) < 4.78 is 4.72. The average Bonchev–Trinajstić information content (AvgIpc) is 3.62. The number of rotatable bonds is 4. The smallest absolute Gasteiger partial charge is 0.145 e. The van der Waals surface area contributed by atoms with Gasteiger partial charge in [0.05, 0.1) is 16.6 Å². The maximum atomic E-state index is 4.88. The van der Waals surface area contributed by atoms with Crippen LogP contribution in [0.5, 0.6) is 0 Å². The highest BCUT2D eigenvalue weighted by Crippen LogP contribution is 2.43. The number of aromatic nitrogens is 3. The Bertz CT molecular complexity index is 2470. The molecule has 44 heavy (non-hydrogen) atoms. The molecule has 0 amide bonds. The van der Waals surface area contributed by atoms with Crippen molar-refractivity contribution < 1.29 is 0 Å². The minimum atomic E-state index is 0.963. The quantitative estimate of drug-likeness (QED) is 0.210. The Hall–Kier alpha value is -5.93. The van der Waals surface area contributed by atoms with Crippen molar-refractivity contribution in [1.29, 1.82) is 0 Å². The molecule has 9 rings (SSSR count). The van der Waals surface area contributed by atoms with Gasteiger partial charge >= 0.3 is 0 Å². The molecule has 6 aromatic carbocycles. The number of hydrogen-bond donors (Lipinski definition) is 0. The van der Waals surface area contributed by atoms with Crippen LogP contribution in [0.1, 0.15) is 0 Å². The zero-order valence-corrected chi connectivity index (χ0v) is 23.9. The molecule has 0 aliphatic carbocycles. The fourth-order valence-electron chi connectivity index (χ4n) is 6.89. The lowest BCUT2D eigenvalue weighted by Gasteiger charge is -2.14. The first-order valence-electron chi connectivity index (χ1n) is 15.0. The standard InChI is InChI=1S/C41H27N3/c1-3-12-28(13-4-1)29-23-25-31(26-24-29)43-37-21-8-7-16-32(37)34-18-9-19-35(40(34)43)33-17-10-22-38-39(33)36-20-11-27-42-41(36)44(38)30-14-5-2-6-15-30/h1-27H. The maximum absolute atomic E-state index is 4.88. The van der Waals surface area contributed by atoms with Crippen LogP contribution >= 0.6 is 0 Å². The van der Waals surface area contributed by atoms with Gasteiger partial charge in [-0.3, -0.25) is 4.57 Å². The Morgan fingerprint density at radius 3 is 1.84 bits per heavy atom. The van der Waals surface area contributed by atoms with E-state index >= 15 is 0 Å². The highest BCUT2D eigenvalue weighted by Gasteiger charge is 2.21. The van der Waals surface area contributed by atoms with E-state index in [1.165, 1.54) is 49.4 Å². The van der Waals surface area contributed by atoms with Crippen molar-refractivity contribution in [1.82, 2.24) is 14.1 Å². The van der Waals surface area contributed by atoms with Gasteiger partial charge < -0.3 is 4.57 Å². The molecule has 0 saturated heterocycles. The van der Waals surface area contributed by atoms with Crippen molar-refractivity contribution in [3.8, 4) is 33.6 Å². The highest BCUT2D eigenvalue weighted by atomic mass is 15.0. The second-order valence-electron chi connectivity index (χ2n) is 11.2. The zero-order chi connectivity index (χ0) is 29.0. The lowest BCUT2D eigenvalue weighted by atomic mass is 9.97. The molecular weight excluding hydrogens is 534 g/mol. The number of fused-ring (bicyclic) bond motifs is 6. The van der Waals surface area contributed by atoms with E-state index in [1.807, 2.05) is 12.3 Å². The minimum Gasteiger partial charge on any atom is -0.309 e. The Labute approximate surface area is 254 Å². The second-order valence-corrected chi connectivity index (χ2v) is 11.2. The van der Waals surface area contributed by atoms with E-state index in [1.54, 1.807) is 0 Å². The normalized spacial score (nSPS) is 11.6. The van der Waals surface area contributed by atoms with Gasteiger partial charge in [-0.2, -0.15) is 0 Å². The van der Waals surface area contributed by atoms with E-state index in [4.69, 9.17) is 4.98 Å². The maximum Gasteiger partial charge on any atom is 0.145 e. The van der Waals surface area contributed by atoms with E-state index in [9.17, 15) is 0 Å². The molecule has 0 aliphatic rings. The van der Waals surface area contributed by atoms with Crippen LogP contribution in [-0.2, 0) is 0 Å². The van der Waals surface area contributed by atoms with Gasteiger partial charge in [-0.15, -0.1) is 0 Å². The zero-order valence-electron chi connectivity index (χ0n) is 23.9. The first kappa shape index (κ1) is 24.6. The van der Waals surface area contributed by atoms with Gasteiger partial charge in [-0.05, 0) is 65.2 Å². The number of para-hydroxylation sites is 3. The van der Waals surface area contributed by atoms with Gasteiger partial charge in [-0.25, -0.2) is 4.98 Å². The van der Waals surface area contributed by atoms with E-state index in [-0.39, 0.29) is 0 Å². The van der Waals surface area contributed by atoms with Gasteiger partial charge in [0.1, 0.15) is 5.65 Å². The van der Waals surface area contributed by atoms with Crippen LogP contribution in [0.4, 0.5) is 0 Å². The summed E-state index contributed by atoms with van der Waals surface area (Å²) in [4.78, 5) is 4.88. The third kappa shape index (κ3) is 3.66. The molecular formula is C41H27N3. The average molecular weight is 562 g/mol. The van der Waals surface area contributed by atoms with E-state index in [2.05, 4.69) is 161 Å². The monoisotopic (exact) mass is 561 g/mol. The lowest BCUT2D eigenvalue weighted by molar-refractivity contribution is 1.14. The first-order chi connectivity index (χ1) is 21.9. The molecule has 3 heterocycles. The van der Waals surface area contributed by atoms with Crippen LogP contribution in [0.3, 0.4) is 0 Å². The molecule has 0 N–H and O–H groups in total. The molecule has 0 radical (unpaired) electrons. The summed E-state index contributed by atoms with van der Waals surface area (Å²) >= 11 is 0. The summed E-state index contributed by atoms with van der Waals surface area (Å²) in [6.45, 7) is 0. The number of pyridine rings is 1. The summed E-state index contributed by atoms with van der Waals surface area (Å²) in [6.07, 6.45) is 1.89. The molecule has 9 aromatic rings. The van der Waals surface area contributed by atoms with Crippen LogP contribution in [0.15, 0.2) is 164 Å². The molecule has 0 bridgehead atoms. The van der Waals surface area contributed by atoms with Gasteiger partial charge in [0.25, 0.3) is 0 Å². The molecule has 0 saturated carbocycles. The van der Waals surface area contributed by atoms with E-state index < -0.39 is 0 Å². The van der Waals surface area contributed by atoms with Crippen molar-refractivity contribution in [2.24, 2.45) is 0 Å². The fourth-order valence-corrected chi connectivity index (χ4v) is 6.89. The van der Waals surface area contributed by atoms with Crippen molar-refractivity contribution in [2.75, 3.05) is 0 Å². The largest absolute Gasteiger partial charge is 0.309 e. The van der Waals surface area contributed by atoms with E-state index in [0.29, 0.717) is 0 Å². The molecule has 3 nitrogen and oxygen atoms in total. The van der Waals surface area contributed by atoms with Crippen LogP contribution in [0.2, 0.25) is 0 Å². The van der Waals surface area contributed by atoms with Gasteiger partial charge in [-0.1, -0.05) is 109 Å². The third-order valence-electron chi connectivity index (χ3n) is 8.78.